The molecule has 1 aromatic carbocycles. The molecule has 0 aliphatic heterocycles. The summed E-state index contributed by atoms with van der Waals surface area (Å²) in [6, 6.07) is 0.579. The Hall–Kier alpha value is -1.59. The fourth-order valence-corrected chi connectivity index (χ4v) is 1.18. The molecule has 0 saturated heterocycles. The Morgan fingerprint density at radius 2 is 1.81 bits per heavy atom. The third-order valence-corrected chi connectivity index (χ3v) is 1.95. The molecule has 0 fully saturated rings. The molecule has 0 aromatic heterocycles. The molecule has 2 nitrogen and oxygen atoms in total. The van der Waals surface area contributed by atoms with Gasteiger partial charge in [0.05, 0.1) is 0 Å². The topological polar surface area (TPSA) is 29.1 Å². The van der Waals surface area contributed by atoms with Crippen molar-refractivity contribution in [1.29, 1.82) is 0 Å². The average molecular weight is 235 g/mol. The number of benzene rings is 1. The predicted molar refractivity (Wildman–Crippen MR) is 48.7 cm³/mol. The van der Waals surface area contributed by atoms with Gasteiger partial charge in [0.15, 0.2) is 23.3 Å². The smallest absolute Gasteiger partial charge is 0.216 e. The number of hydrogen-bond donors (Lipinski definition) is 1. The van der Waals surface area contributed by atoms with Crippen LogP contribution in [0.5, 0.6) is 0 Å². The van der Waals surface area contributed by atoms with Gasteiger partial charge in [-0.15, -0.1) is 0 Å². The van der Waals surface area contributed by atoms with Crippen molar-refractivity contribution in [3.8, 4) is 0 Å². The van der Waals surface area contributed by atoms with E-state index in [2.05, 4.69) is 5.32 Å². The molecule has 0 saturated carbocycles. The zero-order chi connectivity index (χ0) is 12.3. The van der Waals surface area contributed by atoms with Crippen molar-refractivity contribution in [3.05, 3.63) is 34.9 Å². The third kappa shape index (κ3) is 2.71. The highest BCUT2D eigenvalue weighted by Crippen LogP contribution is 2.18. The molecule has 1 aromatic rings. The normalized spacial score (nSPS) is 10.3. The number of halogens is 4. The Balaban J connectivity index is 2.85. The first kappa shape index (κ1) is 12.5. The van der Waals surface area contributed by atoms with Crippen LogP contribution in [0, 0.1) is 23.3 Å². The first-order valence-electron chi connectivity index (χ1n) is 4.49. The van der Waals surface area contributed by atoms with Gasteiger partial charge in [0.1, 0.15) is 0 Å². The summed E-state index contributed by atoms with van der Waals surface area (Å²) in [7, 11) is 0. The standard InChI is InChI=1S/C10H9F4NO/c1-5(16)15-3-2-6-4-7(11)9(13)10(14)8(6)12/h4H,2-3H2,1H3,(H,15,16). The molecule has 0 aliphatic rings. The van der Waals surface area contributed by atoms with Crippen LogP contribution in [0.1, 0.15) is 12.5 Å². The zero-order valence-electron chi connectivity index (χ0n) is 8.41. The van der Waals surface area contributed by atoms with E-state index in [4.69, 9.17) is 0 Å². The Kier molecular flexibility index (Phi) is 3.87. The number of carbonyl (C=O) groups is 1. The molecule has 16 heavy (non-hydrogen) atoms. The molecule has 0 heterocycles. The largest absolute Gasteiger partial charge is 0.356 e. The van der Waals surface area contributed by atoms with Gasteiger partial charge < -0.3 is 5.32 Å². The maximum Gasteiger partial charge on any atom is 0.216 e. The molecule has 0 aliphatic carbocycles. The van der Waals surface area contributed by atoms with Gasteiger partial charge in [0.2, 0.25) is 5.91 Å². The molecule has 0 unspecified atom stereocenters. The van der Waals surface area contributed by atoms with E-state index < -0.39 is 23.3 Å². The van der Waals surface area contributed by atoms with Gasteiger partial charge in [-0.3, -0.25) is 4.79 Å². The monoisotopic (exact) mass is 235 g/mol. The van der Waals surface area contributed by atoms with E-state index in [0.717, 1.165) is 0 Å². The van der Waals surface area contributed by atoms with E-state index in [1.165, 1.54) is 6.92 Å². The van der Waals surface area contributed by atoms with E-state index in [1.54, 1.807) is 0 Å². The Morgan fingerprint density at radius 3 is 2.38 bits per heavy atom. The van der Waals surface area contributed by atoms with E-state index in [-0.39, 0.29) is 24.4 Å². The fourth-order valence-electron chi connectivity index (χ4n) is 1.18. The van der Waals surface area contributed by atoms with Gasteiger partial charge in [-0.1, -0.05) is 0 Å². The molecule has 0 bridgehead atoms. The maximum atomic E-state index is 13.1. The molecule has 0 radical (unpaired) electrons. The SMILES string of the molecule is CC(=O)NCCc1cc(F)c(F)c(F)c1F. The van der Waals surface area contributed by atoms with E-state index in [0.29, 0.717) is 6.07 Å². The van der Waals surface area contributed by atoms with Crippen LogP contribution in [-0.4, -0.2) is 12.5 Å². The lowest BCUT2D eigenvalue weighted by Gasteiger charge is -2.06. The van der Waals surface area contributed by atoms with Crippen LogP contribution >= 0.6 is 0 Å². The highest BCUT2D eigenvalue weighted by Gasteiger charge is 2.18. The van der Waals surface area contributed by atoms with Crippen molar-refractivity contribution in [1.82, 2.24) is 5.32 Å². The van der Waals surface area contributed by atoms with Gasteiger partial charge >= 0.3 is 0 Å². The van der Waals surface area contributed by atoms with Crippen LogP contribution in [0.3, 0.4) is 0 Å². The molecule has 1 N–H and O–H groups in total. The van der Waals surface area contributed by atoms with Crippen LogP contribution in [0.25, 0.3) is 0 Å². The molecule has 1 rings (SSSR count). The summed E-state index contributed by atoms with van der Waals surface area (Å²) < 4.78 is 51.1. The molecular formula is C10H9F4NO. The minimum Gasteiger partial charge on any atom is -0.356 e. The van der Waals surface area contributed by atoms with Gasteiger partial charge in [-0.25, -0.2) is 17.6 Å². The molecular weight excluding hydrogens is 226 g/mol. The summed E-state index contributed by atoms with van der Waals surface area (Å²) >= 11 is 0. The number of hydrogen-bond acceptors (Lipinski definition) is 1. The average Bonchev–Trinajstić information content (AvgIpc) is 2.22. The Bertz CT molecular complexity index is 420. The lowest BCUT2D eigenvalue weighted by Crippen LogP contribution is -2.23. The molecule has 6 heteroatoms. The summed E-state index contributed by atoms with van der Waals surface area (Å²) in [5.41, 5.74) is -0.315. The lowest BCUT2D eigenvalue weighted by atomic mass is 10.1. The van der Waals surface area contributed by atoms with Crippen molar-refractivity contribution >= 4 is 5.91 Å². The second-order valence-corrected chi connectivity index (χ2v) is 3.19. The van der Waals surface area contributed by atoms with E-state index in [9.17, 15) is 22.4 Å². The van der Waals surface area contributed by atoms with Gasteiger partial charge in [-0.05, 0) is 18.1 Å². The summed E-state index contributed by atoms with van der Waals surface area (Å²) in [4.78, 5) is 10.5. The van der Waals surface area contributed by atoms with Crippen LogP contribution in [-0.2, 0) is 11.2 Å². The first-order chi connectivity index (χ1) is 7.43. The fraction of sp³-hybridized carbons (Fsp3) is 0.300. The quantitative estimate of drug-likeness (QED) is 0.484. The Morgan fingerprint density at radius 1 is 1.19 bits per heavy atom. The van der Waals surface area contributed by atoms with E-state index >= 15 is 0 Å². The van der Waals surface area contributed by atoms with Crippen LogP contribution in [0.15, 0.2) is 6.07 Å². The number of amides is 1. The summed E-state index contributed by atoms with van der Waals surface area (Å²) in [6.45, 7) is 1.28. The van der Waals surface area contributed by atoms with Crippen molar-refractivity contribution in [2.24, 2.45) is 0 Å². The minimum absolute atomic E-state index is 0.0246. The molecule has 0 atom stereocenters. The molecule has 88 valence electrons. The first-order valence-corrected chi connectivity index (χ1v) is 4.49. The van der Waals surface area contributed by atoms with Crippen LogP contribution < -0.4 is 5.32 Å². The third-order valence-electron chi connectivity index (χ3n) is 1.95. The highest BCUT2D eigenvalue weighted by atomic mass is 19.2. The minimum atomic E-state index is -1.84. The van der Waals surface area contributed by atoms with Crippen molar-refractivity contribution in [2.45, 2.75) is 13.3 Å². The van der Waals surface area contributed by atoms with Crippen molar-refractivity contribution in [2.75, 3.05) is 6.54 Å². The zero-order valence-corrected chi connectivity index (χ0v) is 8.41. The summed E-state index contributed by atoms with van der Waals surface area (Å²) in [5.74, 6) is -6.89. The number of carbonyl (C=O) groups excluding carboxylic acids is 1. The maximum absolute atomic E-state index is 13.1. The van der Waals surface area contributed by atoms with Gasteiger partial charge in [-0.2, -0.15) is 0 Å². The van der Waals surface area contributed by atoms with Crippen molar-refractivity contribution < 1.29 is 22.4 Å². The van der Waals surface area contributed by atoms with Gasteiger partial charge in [0, 0.05) is 13.5 Å². The van der Waals surface area contributed by atoms with E-state index in [1.807, 2.05) is 0 Å². The number of nitrogens with one attached hydrogen (secondary N) is 1. The summed E-state index contributed by atoms with van der Waals surface area (Å²) in [5, 5.41) is 2.33. The van der Waals surface area contributed by atoms with Crippen molar-refractivity contribution in [3.63, 3.8) is 0 Å². The number of rotatable bonds is 3. The highest BCUT2D eigenvalue weighted by molar-refractivity contribution is 5.72. The van der Waals surface area contributed by atoms with Crippen LogP contribution in [0.2, 0.25) is 0 Å². The predicted octanol–water partition coefficient (Wildman–Crippen LogP) is 1.92. The molecule has 0 spiro atoms. The van der Waals surface area contributed by atoms with Crippen LogP contribution in [0.4, 0.5) is 17.6 Å². The second kappa shape index (κ2) is 4.96. The second-order valence-electron chi connectivity index (χ2n) is 3.19. The molecule has 1 amide bonds. The lowest BCUT2D eigenvalue weighted by molar-refractivity contribution is -0.118. The summed E-state index contributed by atoms with van der Waals surface area (Å²) in [6.07, 6.45) is -0.112. The Labute approximate surface area is 89.3 Å². The van der Waals surface area contributed by atoms with Gasteiger partial charge in [0.25, 0.3) is 0 Å².